The Morgan fingerprint density at radius 1 is 1.44 bits per heavy atom. The monoisotopic (exact) mass is 227 g/mol. The maximum atomic E-state index is 11.9. The Balaban J connectivity index is 2.54. The molecule has 0 saturated carbocycles. The molecule has 0 aliphatic carbocycles. The molecule has 4 nitrogen and oxygen atoms in total. The van der Waals surface area contributed by atoms with E-state index in [0.717, 1.165) is 51.7 Å². The molecule has 0 aromatic carbocycles. The van der Waals surface area contributed by atoms with Crippen LogP contribution < -0.4 is 11.1 Å². The third-order valence-electron chi connectivity index (χ3n) is 3.11. The first-order chi connectivity index (χ1) is 7.79. The second kappa shape index (κ2) is 7.63. The summed E-state index contributed by atoms with van der Waals surface area (Å²) in [6, 6.07) is 0.0778. The summed E-state index contributed by atoms with van der Waals surface area (Å²) >= 11 is 0. The van der Waals surface area contributed by atoms with Crippen molar-refractivity contribution in [2.75, 3.05) is 26.2 Å². The Morgan fingerprint density at radius 2 is 2.25 bits per heavy atom. The molecule has 0 aromatic rings. The van der Waals surface area contributed by atoms with Crippen molar-refractivity contribution in [1.29, 1.82) is 0 Å². The number of hydrogen-bond acceptors (Lipinski definition) is 3. The molecule has 0 bridgehead atoms. The molecular weight excluding hydrogens is 202 g/mol. The molecule has 3 N–H and O–H groups in total. The molecule has 1 aliphatic rings. The van der Waals surface area contributed by atoms with Gasteiger partial charge in [0.2, 0.25) is 5.91 Å². The molecule has 1 atom stereocenters. The van der Waals surface area contributed by atoms with E-state index in [9.17, 15) is 4.79 Å². The van der Waals surface area contributed by atoms with Gasteiger partial charge in [-0.2, -0.15) is 0 Å². The highest BCUT2D eigenvalue weighted by molar-refractivity contribution is 5.81. The lowest BCUT2D eigenvalue weighted by molar-refractivity contribution is -0.126. The van der Waals surface area contributed by atoms with Crippen LogP contribution in [0.4, 0.5) is 0 Å². The van der Waals surface area contributed by atoms with Crippen molar-refractivity contribution in [1.82, 2.24) is 10.2 Å². The fraction of sp³-hybridized carbons (Fsp3) is 0.917. The lowest BCUT2D eigenvalue weighted by Gasteiger charge is -2.29. The Kier molecular flexibility index (Phi) is 6.42. The number of rotatable bonds is 6. The van der Waals surface area contributed by atoms with Gasteiger partial charge in [0.05, 0.1) is 6.04 Å². The van der Waals surface area contributed by atoms with E-state index in [1.807, 2.05) is 0 Å². The number of nitrogens with one attached hydrogen (secondary N) is 1. The lowest BCUT2D eigenvalue weighted by Crippen LogP contribution is -2.46. The topological polar surface area (TPSA) is 58.4 Å². The summed E-state index contributed by atoms with van der Waals surface area (Å²) in [5.41, 5.74) is 5.54. The highest BCUT2D eigenvalue weighted by atomic mass is 16.2. The van der Waals surface area contributed by atoms with Crippen molar-refractivity contribution >= 4 is 5.91 Å². The van der Waals surface area contributed by atoms with Gasteiger partial charge >= 0.3 is 0 Å². The Labute approximate surface area is 98.6 Å². The molecule has 0 aromatic heterocycles. The van der Waals surface area contributed by atoms with Crippen LogP contribution >= 0.6 is 0 Å². The molecule has 1 fully saturated rings. The van der Waals surface area contributed by atoms with Crippen molar-refractivity contribution in [2.24, 2.45) is 5.73 Å². The van der Waals surface area contributed by atoms with Gasteiger partial charge in [0.25, 0.3) is 0 Å². The van der Waals surface area contributed by atoms with E-state index in [1.165, 1.54) is 0 Å². The van der Waals surface area contributed by atoms with E-state index in [2.05, 4.69) is 17.1 Å². The summed E-state index contributed by atoms with van der Waals surface area (Å²) in [4.78, 5) is 14.2. The van der Waals surface area contributed by atoms with Gasteiger partial charge in [0, 0.05) is 13.1 Å². The summed E-state index contributed by atoms with van der Waals surface area (Å²) in [6.07, 6.45) is 5.32. The molecule has 4 heteroatoms. The van der Waals surface area contributed by atoms with Crippen LogP contribution in [0.1, 0.15) is 39.0 Å². The van der Waals surface area contributed by atoms with Gasteiger partial charge in [-0.1, -0.05) is 6.92 Å². The van der Waals surface area contributed by atoms with Crippen molar-refractivity contribution in [2.45, 2.75) is 45.1 Å². The van der Waals surface area contributed by atoms with E-state index in [4.69, 9.17) is 5.73 Å². The fourth-order valence-electron chi connectivity index (χ4n) is 2.28. The number of nitrogens with zero attached hydrogens (tertiary/aromatic N) is 1. The summed E-state index contributed by atoms with van der Waals surface area (Å²) in [5, 5.41) is 3.00. The van der Waals surface area contributed by atoms with Crippen molar-refractivity contribution in [3.63, 3.8) is 0 Å². The zero-order chi connectivity index (χ0) is 11.8. The van der Waals surface area contributed by atoms with Crippen molar-refractivity contribution in [3.8, 4) is 0 Å². The molecule has 94 valence electrons. The third-order valence-corrected chi connectivity index (χ3v) is 3.11. The summed E-state index contributed by atoms with van der Waals surface area (Å²) in [7, 11) is 0. The average molecular weight is 227 g/mol. The highest BCUT2D eigenvalue weighted by Gasteiger charge is 2.25. The van der Waals surface area contributed by atoms with Crippen LogP contribution in [-0.4, -0.2) is 43.0 Å². The SMILES string of the molecule is CCCN(CCCN)C1CCCCNC1=O. The second-order valence-corrected chi connectivity index (χ2v) is 4.48. The smallest absolute Gasteiger partial charge is 0.237 e. The van der Waals surface area contributed by atoms with Gasteiger partial charge in [-0.05, 0) is 45.2 Å². The van der Waals surface area contributed by atoms with E-state index in [1.54, 1.807) is 0 Å². The average Bonchev–Trinajstić information content (AvgIpc) is 2.49. The maximum absolute atomic E-state index is 11.9. The van der Waals surface area contributed by atoms with Crippen LogP contribution in [0.15, 0.2) is 0 Å². The van der Waals surface area contributed by atoms with Crippen LogP contribution in [0.2, 0.25) is 0 Å². The number of hydrogen-bond donors (Lipinski definition) is 2. The molecule has 0 spiro atoms. The second-order valence-electron chi connectivity index (χ2n) is 4.48. The predicted octanol–water partition coefficient (Wildman–Crippen LogP) is 0.716. The number of carbonyl (C=O) groups excluding carboxylic acids is 1. The molecule has 1 unspecified atom stereocenters. The molecular formula is C12H25N3O. The van der Waals surface area contributed by atoms with Crippen LogP contribution in [-0.2, 0) is 4.79 Å². The predicted molar refractivity (Wildman–Crippen MR) is 66.2 cm³/mol. The third kappa shape index (κ3) is 4.10. The van der Waals surface area contributed by atoms with E-state index in [0.29, 0.717) is 6.54 Å². The van der Waals surface area contributed by atoms with E-state index in [-0.39, 0.29) is 11.9 Å². The molecule has 1 rings (SSSR count). The van der Waals surface area contributed by atoms with Crippen LogP contribution in [0.5, 0.6) is 0 Å². The minimum Gasteiger partial charge on any atom is -0.355 e. The molecule has 1 amide bonds. The molecule has 1 saturated heterocycles. The largest absolute Gasteiger partial charge is 0.355 e. The van der Waals surface area contributed by atoms with Crippen LogP contribution in [0.25, 0.3) is 0 Å². The first-order valence-corrected chi connectivity index (χ1v) is 6.51. The van der Waals surface area contributed by atoms with Gasteiger partial charge < -0.3 is 11.1 Å². The normalized spacial score (nSPS) is 21.9. The number of carbonyl (C=O) groups is 1. The van der Waals surface area contributed by atoms with Crippen molar-refractivity contribution in [3.05, 3.63) is 0 Å². The Hall–Kier alpha value is -0.610. The van der Waals surface area contributed by atoms with E-state index >= 15 is 0 Å². The Bertz CT molecular complexity index is 208. The van der Waals surface area contributed by atoms with Crippen LogP contribution in [0, 0.1) is 0 Å². The number of amides is 1. The summed E-state index contributed by atoms with van der Waals surface area (Å²) < 4.78 is 0. The molecule has 0 radical (unpaired) electrons. The van der Waals surface area contributed by atoms with E-state index < -0.39 is 0 Å². The molecule has 16 heavy (non-hydrogen) atoms. The number of nitrogens with two attached hydrogens (primary N) is 1. The first-order valence-electron chi connectivity index (χ1n) is 6.51. The van der Waals surface area contributed by atoms with Gasteiger partial charge in [-0.15, -0.1) is 0 Å². The first kappa shape index (κ1) is 13.5. The minimum atomic E-state index is 0.0778. The molecule has 1 aliphatic heterocycles. The van der Waals surface area contributed by atoms with Gasteiger partial charge in [-0.25, -0.2) is 0 Å². The standard InChI is InChI=1S/C12H25N3O/c1-2-9-15(10-5-7-13)11-6-3-4-8-14-12(11)16/h11H,2-10,13H2,1H3,(H,14,16). The Morgan fingerprint density at radius 3 is 2.94 bits per heavy atom. The fourth-order valence-corrected chi connectivity index (χ4v) is 2.28. The zero-order valence-corrected chi connectivity index (χ0v) is 10.4. The van der Waals surface area contributed by atoms with Gasteiger partial charge in [0.15, 0.2) is 0 Å². The highest BCUT2D eigenvalue weighted by Crippen LogP contribution is 2.13. The van der Waals surface area contributed by atoms with Crippen molar-refractivity contribution < 1.29 is 4.79 Å². The minimum absolute atomic E-state index is 0.0778. The zero-order valence-electron chi connectivity index (χ0n) is 10.4. The van der Waals surface area contributed by atoms with Crippen LogP contribution in [0.3, 0.4) is 0 Å². The lowest BCUT2D eigenvalue weighted by atomic mass is 10.1. The summed E-state index contributed by atoms with van der Waals surface area (Å²) in [6.45, 7) is 5.64. The summed E-state index contributed by atoms with van der Waals surface area (Å²) in [5.74, 6) is 0.211. The quantitative estimate of drug-likeness (QED) is 0.703. The molecule has 1 heterocycles. The maximum Gasteiger partial charge on any atom is 0.237 e. The van der Waals surface area contributed by atoms with Gasteiger partial charge in [0.1, 0.15) is 0 Å². The van der Waals surface area contributed by atoms with Gasteiger partial charge in [-0.3, -0.25) is 9.69 Å².